The first-order chi connectivity index (χ1) is 12.2. The number of hydrogen-bond acceptors (Lipinski definition) is 4. The van der Waals surface area contributed by atoms with Gasteiger partial charge in [-0.25, -0.2) is 0 Å². The van der Waals surface area contributed by atoms with Gasteiger partial charge in [0.15, 0.2) is 17.5 Å². The zero-order chi connectivity index (χ0) is 17.6. The second-order valence-corrected chi connectivity index (χ2v) is 6.76. The van der Waals surface area contributed by atoms with Crippen molar-refractivity contribution in [3.63, 3.8) is 0 Å². The van der Waals surface area contributed by atoms with Gasteiger partial charge in [-0.3, -0.25) is 4.99 Å². The van der Waals surface area contributed by atoms with E-state index in [1.165, 1.54) is 32.4 Å². The number of nitrogens with zero attached hydrogens (tertiary/aromatic N) is 2. The number of nitrogens with one attached hydrogen (secondary N) is 2. The average Bonchev–Trinajstić information content (AvgIpc) is 3.37. The smallest absolute Gasteiger partial charge is 0.195 e. The Labute approximate surface area is 173 Å². The van der Waals surface area contributed by atoms with Gasteiger partial charge >= 0.3 is 0 Å². The third kappa shape index (κ3) is 5.64. The Kier molecular flexibility index (Phi) is 8.27. The lowest BCUT2D eigenvalue weighted by atomic mass is 10.1. The van der Waals surface area contributed by atoms with E-state index in [-0.39, 0.29) is 24.0 Å². The van der Waals surface area contributed by atoms with E-state index in [4.69, 9.17) is 9.47 Å². The summed E-state index contributed by atoms with van der Waals surface area (Å²) >= 11 is 0. The minimum Gasteiger partial charge on any atom is -0.493 e. The van der Waals surface area contributed by atoms with Crippen molar-refractivity contribution < 1.29 is 9.47 Å². The number of hydrogen-bond donors (Lipinski definition) is 2. The van der Waals surface area contributed by atoms with Gasteiger partial charge in [-0.1, -0.05) is 0 Å². The topological polar surface area (TPSA) is 58.1 Å². The molecule has 1 aromatic rings. The summed E-state index contributed by atoms with van der Waals surface area (Å²) in [7, 11) is 3.45. The Hall–Kier alpha value is -1.22. The summed E-state index contributed by atoms with van der Waals surface area (Å²) < 4.78 is 11.0. The highest BCUT2D eigenvalue weighted by atomic mass is 127. The molecule has 1 aromatic carbocycles. The Morgan fingerprint density at radius 1 is 1.27 bits per heavy atom. The van der Waals surface area contributed by atoms with Crippen LogP contribution in [0.2, 0.25) is 0 Å². The van der Waals surface area contributed by atoms with Crippen LogP contribution in [0.25, 0.3) is 0 Å². The molecule has 0 aromatic heterocycles. The Morgan fingerprint density at radius 3 is 2.73 bits per heavy atom. The third-order valence-corrected chi connectivity index (χ3v) is 4.89. The zero-order valence-corrected chi connectivity index (χ0v) is 18.3. The molecule has 1 atom stereocenters. The number of ether oxygens (including phenoxy) is 2. The first-order valence-corrected chi connectivity index (χ1v) is 9.26. The largest absolute Gasteiger partial charge is 0.493 e. The van der Waals surface area contributed by atoms with Crippen LogP contribution in [0.3, 0.4) is 0 Å². The van der Waals surface area contributed by atoms with Gasteiger partial charge in [0.05, 0.1) is 13.7 Å². The molecule has 0 bridgehead atoms. The van der Waals surface area contributed by atoms with Gasteiger partial charge in [-0.15, -0.1) is 24.0 Å². The van der Waals surface area contributed by atoms with Crippen LogP contribution in [0, 0.1) is 5.92 Å². The van der Waals surface area contributed by atoms with Crippen LogP contribution in [0.15, 0.2) is 23.2 Å². The van der Waals surface area contributed by atoms with Crippen LogP contribution in [0.1, 0.15) is 26.2 Å². The van der Waals surface area contributed by atoms with Crippen LogP contribution in [-0.2, 0) is 0 Å². The van der Waals surface area contributed by atoms with Crippen LogP contribution >= 0.6 is 24.0 Å². The van der Waals surface area contributed by atoms with Crippen LogP contribution in [0.4, 0.5) is 5.69 Å². The molecule has 1 saturated carbocycles. The van der Waals surface area contributed by atoms with Crippen LogP contribution in [-0.4, -0.2) is 57.3 Å². The predicted octanol–water partition coefficient (Wildman–Crippen LogP) is 3.18. The normalized spacial score (nSPS) is 20.4. The fraction of sp³-hybridized carbons (Fsp3) is 0.632. The molecule has 7 heteroatoms. The van der Waals surface area contributed by atoms with Crippen LogP contribution in [0.5, 0.6) is 11.5 Å². The number of aliphatic imine (C=N–C) groups is 1. The number of likely N-dealkylation sites (tertiary alicyclic amines) is 1. The SMILES string of the molecule is CCOc1cc(NC(=NC)NCC2CCN(C3CC3)C2)ccc1OC.I. The van der Waals surface area contributed by atoms with Crippen molar-refractivity contribution in [3.8, 4) is 11.5 Å². The standard InChI is InChI=1S/C19H30N4O2.HI/c1-4-25-18-11-15(5-8-17(18)24-3)22-19(20-2)21-12-14-9-10-23(13-14)16-6-7-16;/h5,8,11,14,16H,4,6-7,9-10,12-13H2,1-3H3,(H2,20,21,22);1H. The van der Waals surface area contributed by atoms with Crippen LogP contribution < -0.4 is 20.1 Å². The molecule has 1 heterocycles. The molecule has 0 radical (unpaired) electrons. The lowest BCUT2D eigenvalue weighted by Gasteiger charge is -2.17. The summed E-state index contributed by atoms with van der Waals surface area (Å²) in [5.41, 5.74) is 0.934. The summed E-state index contributed by atoms with van der Waals surface area (Å²) in [4.78, 5) is 6.98. The molecule has 2 fully saturated rings. The summed E-state index contributed by atoms with van der Waals surface area (Å²) in [6.07, 6.45) is 4.06. The maximum Gasteiger partial charge on any atom is 0.195 e. The highest BCUT2D eigenvalue weighted by molar-refractivity contribution is 14.0. The molecule has 26 heavy (non-hydrogen) atoms. The molecule has 1 saturated heterocycles. The molecule has 0 spiro atoms. The summed E-state index contributed by atoms with van der Waals surface area (Å²) in [6, 6.07) is 6.70. The van der Waals surface area contributed by atoms with Gasteiger partial charge in [0.25, 0.3) is 0 Å². The molecule has 2 N–H and O–H groups in total. The van der Waals surface area contributed by atoms with Gasteiger partial charge < -0.3 is 25.0 Å². The average molecular weight is 474 g/mol. The van der Waals surface area contributed by atoms with Crippen molar-refractivity contribution in [1.82, 2.24) is 10.2 Å². The molecular formula is C19H31IN4O2. The Balaban J connectivity index is 0.00000243. The minimum absolute atomic E-state index is 0. The molecule has 1 aliphatic carbocycles. The molecule has 6 nitrogen and oxygen atoms in total. The van der Waals surface area contributed by atoms with Gasteiger partial charge in [0.2, 0.25) is 0 Å². The molecule has 1 unspecified atom stereocenters. The molecular weight excluding hydrogens is 443 g/mol. The molecule has 0 amide bonds. The van der Waals surface area contributed by atoms with E-state index in [1.54, 1.807) is 14.2 Å². The first kappa shape index (κ1) is 21.1. The molecule has 2 aliphatic rings. The summed E-state index contributed by atoms with van der Waals surface area (Å²) in [5.74, 6) is 2.97. The number of guanidine groups is 1. The van der Waals surface area contributed by atoms with Gasteiger partial charge in [-0.2, -0.15) is 0 Å². The van der Waals surface area contributed by atoms with Crippen molar-refractivity contribution >= 4 is 35.6 Å². The second-order valence-electron chi connectivity index (χ2n) is 6.76. The predicted molar refractivity (Wildman–Crippen MR) is 117 cm³/mol. The number of rotatable bonds is 7. The van der Waals surface area contributed by atoms with E-state index < -0.39 is 0 Å². The summed E-state index contributed by atoms with van der Waals surface area (Å²) in [6.45, 7) is 5.99. The minimum atomic E-state index is 0. The van der Waals surface area contributed by atoms with E-state index in [1.807, 2.05) is 25.1 Å². The number of halogens is 1. The second kappa shape index (κ2) is 10.2. The highest BCUT2D eigenvalue weighted by Gasteiger charge is 2.34. The Morgan fingerprint density at radius 2 is 2.08 bits per heavy atom. The monoisotopic (exact) mass is 474 g/mol. The van der Waals surface area contributed by atoms with E-state index in [0.717, 1.165) is 35.7 Å². The zero-order valence-electron chi connectivity index (χ0n) is 16.0. The third-order valence-electron chi connectivity index (χ3n) is 4.89. The lowest BCUT2D eigenvalue weighted by molar-refractivity contribution is 0.311. The quantitative estimate of drug-likeness (QED) is 0.361. The maximum atomic E-state index is 5.63. The molecule has 1 aliphatic heterocycles. The van der Waals surface area contributed by atoms with E-state index in [2.05, 4.69) is 20.5 Å². The fourth-order valence-corrected chi connectivity index (χ4v) is 3.38. The van der Waals surface area contributed by atoms with Crippen molar-refractivity contribution in [3.05, 3.63) is 18.2 Å². The van der Waals surface area contributed by atoms with Gasteiger partial charge in [0.1, 0.15) is 0 Å². The van der Waals surface area contributed by atoms with Crippen molar-refractivity contribution in [2.75, 3.05) is 45.7 Å². The number of benzene rings is 1. The molecule has 3 rings (SSSR count). The summed E-state index contributed by atoms with van der Waals surface area (Å²) in [5, 5.41) is 6.80. The van der Waals surface area contributed by atoms with Crippen molar-refractivity contribution in [1.29, 1.82) is 0 Å². The van der Waals surface area contributed by atoms with Gasteiger partial charge in [-0.05, 0) is 50.8 Å². The molecule has 146 valence electrons. The van der Waals surface area contributed by atoms with E-state index in [0.29, 0.717) is 12.5 Å². The maximum absolute atomic E-state index is 5.63. The highest BCUT2D eigenvalue weighted by Crippen LogP contribution is 2.32. The van der Waals surface area contributed by atoms with E-state index in [9.17, 15) is 0 Å². The van der Waals surface area contributed by atoms with Gasteiger partial charge in [0, 0.05) is 37.9 Å². The Bertz CT molecular complexity index is 607. The van der Waals surface area contributed by atoms with E-state index >= 15 is 0 Å². The number of anilines is 1. The number of methoxy groups -OCH3 is 1. The van der Waals surface area contributed by atoms with Crippen molar-refractivity contribution in [2.24, 2.45) is 10.9 Å². The van der Waals surface area contributed by atoms with Crippen molar-refractivity contribution in [2.45, 2.75) is 32.2 Å². The first-order valence-electron chi connectivity index (χ1n) is 9.26. The lowest BCUT2D eigenvalue weighted by Crippen LogP contribution is -2.35. The fourth-order valence-electron chi connectivity index (χ4n) is 3.38.